The van der Waals surface area contributed by atoms with Gasteiger partial charge in [-0.2, -0.15) is 0 Å². The van der Waals surface area contributed by atoms with Gasteiger partial charge in [0, 0.05) is 22.5 Å². The van der Waals surface area contributed by atoms with Gasteiger partial charge in [0.15, 0.2) is 0 Å². The first-order valence-electron chi connectivity index (χ1n) is 12.1. The topological polar surface area (TPSA) is 3.24 Å². The fraction of sp³-hybridized carbons (Fsp3) is 0.250. The maximum absolute atomic E-state index is 2.42. The molecule has 2 aliphatic rings. The lowest BCUT2D eigenvalue weighted by molar-refractivity contribution is 0.643. The van der Waals surface area contributed by atoms with E-state index in [1.807, 2.05) is 0 Å². The first-order valence-corrected chi connectivity index (χ1v) is 12.1. The Bertz CT molecular complexity index is 1270. The van der Waals surface area contributed by atoms with Gasteiger partial charge in [0.2, 0.25) is 0 Å². The maximum atomic E-state index is 2.42. The van der Waals surface area contributed by atoms with Crippen LogP contribution in [0.4, 0.5) is 11.4 Å². The number of allylic oxidation sites excluding steroid dienone is 6. The van der Waals surface area contributed by atoms with Crippen molar-refractivity contribution in [1.29, 1.82) is 0 Å². The van der Waals surface area contributed by atoms with E-state index in [0.29, 0.717) is 5.92 Å². The van der Waals surface area contributed by atoms with Crippen molar-refractivity contribution < 1.29 is 0 Å². The van der Waals surface area contributed by atoms with E-state index in [4.69, 9.17) is 0 Å². The predicted molar refractivity (Wildman–Crippen MR) is 143 cm³/mol. The largest absolute Gasteiger partial charge is 0.315 e. The number of hydrogen-bond donors (Lipinski definition) is 0. The van der Waals surface area contributed by atoms with Crippen molar-refractivity contribution >= 4 is 16.9 Å². The SMILES string of the molecule is C/C=C(\C)N(c1ccc(-c2ccccc2)cc1)c1ccc2c(c1)C(C)(C)C1=C2C(C)CC=C1. The standard InChI is InChI=1S/C32H33N/c1-6-23(3)33(26-17-15-25(16-18-26)24-12-8-7-9-13-24)27-19-20-28-30(21-27)32(4,5)29-14-10-11-22(2)31(28)29/h6-10,12-22H,11H2,1-5H3/b23-6+. The second kappa shape index (κ2) is 8.23. The van der Waals surface area contributed by atoms with E-state index in [9.17, 15) is 0 Å². The molecule has 33 heavy (non-hydrogen) atoms. The Morgan fingerprint density at radius 2 is 1.58 bits per heavy atom. The normalized spacial score (nSPS) is 18.8. The molecule has 1 nitrogen and oxygen atoms in total. The van der Waals surface area contributed by atoms with Gasteiger partial charge in [-0.05, 0) is 83.9 Å². The highest BCUT2D eigenvalue weighted by Gasteiger charge is 2.39. The van der Waals surface area contributed by atoms with Crippen LogP contribution in [0.25, 0.3) is 16.7 Å². The molecule has 0 amide bonds. The highest BCUT2D eigenvalue weighted by molar-refractivity contribution is 5.86. The molecule has 0 fully saturated rings. The molecule has 2 aliphatic carbocycles. The minimum absolute atomic E-state index is 0.0263. The van der Waals surface area contributed by atoms with E-state index in [0.717, 1.165) is 6.42 Å². The van der Waals surface area contributed by atoms with Gasteiger partial charge < -0.3 is 4.90 Å². The smallest absolute Gasteiger partial charge is 0.0461 e. The lowest BCUT2D eigenvalue weighted by Crippen LogP contribution is -2.19. The zero-order chi connectivity index (χ0) is 23.2. The predicted octanol–water partition coefficient (Wildman–Crippen LogP) is 9.06. The number of anilines is 2. The van der Waals surface area contributed by atoms with E-state index < -0.39 is 0 Å². The summed E-state index contributed by atoms with van der Waals surface area (Å²) in [5, 5.41) is 0. The Hall–Kier alpha value is -3.32. The molecule has 1 heteroatoms. The molecule has 5 rings (SSSR count). The molecule has 0 bridgehead atoms. The second-order valence-corrected chi connectivity index (χ2v) is 9.90. The number of nitrogens with zero attached hydrogens (tertiary/aromatic N) is 1. The molecule has 1 atom stereocenters. The molecule has 0 spiro atoms. The number of fused-ring (bicyclic) bond motifs is 2. The average molecular weight is 432 g/mol. The van der Waals surface area contributed by atoms with Crippen LogP contribution >= 0.6 is 0 Å². The summed E-state index contributed by atoms with van der Waals surface area (Å²) in [6.07, 6.45) is 8.04. The highest BCUT2D eigenvalue weighted by Crippen LogP contribution is 2.52. The van der Waals surface area contributed by atoms with E-state index in [2.05, 4.69) is 131 Å². The van der Waals surface area contributed by atoms with Crippen molar-refractivity contribution in [2.24, 2.45) is 5.92 Å². The Kier molecular flexibility index (Phi) is 5.37. The van der Waals surface area contributed by atoms with Crippen LogP contribution in [0.3, 0.4) is 0 Å². The Balaban J connectivity index is 1.57. The third kappa shape index (κ3) is 3.56. The first kappa shape index (κ1) is 21.5. The fourth-order valence-electron chi connectivity index (χ4n) is 5.51. The number of hydrogen-bond acceptors (Lipinski definition) is 1. The van der Waals surface area contributed by atoms with Crippen molar-refractivity contribution in [2.45, 2.75) is 46.5 Å². The zero-order valence-corrected chi connectivity index (χ0v) is 20.4. The van der Waals surface area contributed by atoms with Crippen molar-refractivity contribution in [2.75, 3.05) is 4.90 Å². The summed E-state index contributed by atoms with van der Waals surface area (Å²) < 4.78 is 0. The summed E-state index contributed by atoms with van der Waals surface area (Å²) >= 11 is 0. The summed E-state index contributed by atoms with van der Waals surface area (Å²) in [6.45, 7) is 11.4. The van der Waals surface area contributed by atoms with Gasteiger partial charge in [0.1, 0.15) is 0 Å². The second-order valence-electron chi connectivity index (χ2n) is 9.90. The summed E-state index contributed by atoms with van der Waals surface area (Å²) in [7, 11) is 0. The molecule has 0 N–H and O–H groups in total. The Morgan fingerprint density at radius 3 is 2.27 bits per heavy atom. The van der Waals surface area contributed by atoms with Crippen molar-refractivity contribution in [3.63, 3.8) is 0 Å². The van der Waals surface area contributed by atoms with Crippen LogP contribution in [0, 0.1) is 5.92 Å². The third-order valence-electron chi connectivity index (χ3n) is 7.46. The minimum atomic E-state index is 0.0263. The van der Waals surface area contributed by atoms with Crippen molar-refractivity contribution in [1.82, 2.24) is 0 Å². The summed E-state index contributed by atoms with van der Waals surface area (Å²) in [6, 6.07) is 26.6. The molecule has 0 saturated heterocycles. The quantitative estimate of drug-likeness (QED) is 0.398. The van der Waals surface area contributed by atoms with Crippen LogP contribution in [0.2, 0.25) is 0 Å². The first-order chi connectivity index (χ1) is 15.9. The van der Waals surface area contributed by atoms with Crippen LogP contribution in [0.1, 0.15) is 52.2 Å². The summed E-state index contributed by atoms with van der Waals surface area (Å²) in [4.78, 5) is 2.38. The fourth-order valence-corrected chi connectivity index (χ4v) is 5.51. The van der Waals surface area contributed by atoms with Crippen LogP contribution < -0.4 is 4.90 Å². The molecular formula is C32H33N. The highest BCUT2D eigenvalue weighted by atomic mass is 15.1. The molecule has 0 aliphatic heterocycles. The van der Waals surface area contributed by atoms with Crippen molar-refractivity contribution in [3.05, 3.63) is 113 Å². The molecule has 0 saturated carbocycles. The molecule has 0 radical (unpaired) electrons. The Morgan fingerprint density at radius 1 is 0.909 bits per heavy atom. The van der Waals surface area contributed by atoms with Gasteiger partial charge in [0.05, 0.1) is 0 Å². The van der Waals surface area contributed by atoms with Crippen LogP contribution in [-0.4, -0.2) is 0 Å². The van der Waals surface area contributed by atoms with E-state index in [-0.39, 0.29) is 5.41 Å². The van der Waals surface area contributed by atoms with Crippen LogP contribution in [0.5, 0.6) is 0 Å². The van der Waals surface area contributed by atoms with Gasteiger partial charge in [0.25, 0.3) is 0 Å². The van der Waals surface area contributed by atoms with Crippen molar-refractivity contribution in [3.8, 4) is 11.1 Å². The molecule has 166 valence electrons. The molecule has 1 unspecified atom stereocenters. The molecule has 0 heterocycles. The van der Waals surface area contributed by atoms with Crippen LogP contribution in [0.15, 0.2) is 102 Å². The molecule has 0 aromatic heterocycles. The number of benzene rings is 3. The third-order valence-corrected chi connectivity index (χ3v) is 7.46. The zero-order valence-electron chi connectivity index (χ0n) is 20.4. The molecule has 3 aromatic carbocycles. The van der Waals surface area contributed by atoms with Crippen LogP contribution in [-0.2, 0) is 5.41 Å². The summed E-state index contributed by atoms with van der Waals surface area (Å²) in [5.41, 5.74) is 12.1. The lowest BCUT2D eigenvalue weighted by Gasteiger charge is -2.29. The maximum Gasteiger partial charge on any atom is 0.0461 e. The minimum Gasteiger partial charge on any atom is -0.315 e. The molecule has 3 aromatic rings. The number of rotatable bonds is 4. The monoisotopic (exact) mass is 431 g/mol. The van der Waals surface area contributed by atoms with E-state index in [1.165, 1.54) is 44.9 Å². The van der Waals surface area contributed by atoms with Gasteiger partial charge in [-0.15, -0.1) is 0 Å². The van der Waals surface area contributed by atoms with Gasteiger partial charge in [-0.1, -0.05) is 87.5 Å². The average Bonchev–Trinajstić information content (AvgIpc) is 3.08. The van der Waals surface area contributed by atoms with Gasteiger partial charge >= 0.3 is 0 Å². The van der Waals surface area contributed by atoms with Gasteiger partial charge in [-0.3, -0.25) is 0 Å². The molecular weight excluding hydrogens is 398 g/mol. The Labute approximate surface area is 198 Å². The van der Waals surface area contributed by atoms with Gasteiger partial charge in [-0.25, -0.2) is 0 Å². The van der Waals surface area contributed by atoms with E-state index in [1.54, 1.807) is 5.57 Å². The van der Waals surface area contributed by atoms with E-state index >= 15 is 0 Å². The summed E-state index contributed by atoms with van der Waals surface area (Å²) in [5.74, 6) is 0.579. The lowest BCUT2D eigenvalue weighted by atomic mass is 9.79.